The second-order valence-electron chi connectivity index (χ2n) is 2.85. The van der Waals surface area contributed by atoms with Crippen LogP contribution in [0.3, 0.4) is 0 Å². The number of amidine groups is 1. The van der Waals surface area contributed by atoms with Gasteiger partial charge in [-0.3, -0.25) is 4.79 Å². The van der Waals surface area contributed by atoms with Crippen LogP contribution in [-0.2, 0) is 9.63 Å². The minimum Gasteiger partial charge on any atom is -0.464 e. The lowest BCUT2D eigenvalue weighted by Crippen LogP contribution is -2.13. The summed E-state index contributed by atoms with van der Waals surface area (Å²) >= 11 is 0. The van der Waals surface area contributed by atoms with Crippen LogP contribution in [0, 0.1) is 0 Å². The summed E-state index contributed by atoms with van der Waals surface area (Å²) < 4.78 is 5.19. The van der Waals surface area contributed by atoms with Gasteiger partial charge in [-0.2, -0.15) is 0 Å². The molecule has 0 aliphatic rings. The van der Waals surface area contributed by atoms with Gasteiger partial charge in [0.2, 0.25) is 0 Å². The van der Waals surface area contributed by atoms with Gasteiger partial charge in [-0.15, -0.1) is 0 Å². The summed E-state index contributed by atoms with van der Waals surface area (Å²) in [4.78, 5) is 14.1. The van der Waals surface area contributed by atoms with Crippen molar-refractivity contribution in [1.29, 1.82) is 0 Å². The predicted octanol–water partition coefficient (Wildman–Crippen LogP) is 1.23. The summed E-state index contributed by atoms with van der Waals surface area (Å²) in [5.41, 5.74) is 6.91. The van der Waals surface area contributed by atoms with E-state index in [1.165, 1.54) is 0 Å². The molecule has 0 fully saturated rings. The van der Waals surface area contributed by atoms with E-state index in [1.54, 1.807) is 18.4 Å². The van der Waals surface area contributed by atoms with Crippen molar-refractivity contribution in [2.24, 2.45) is 10.9 Å². The number of nitrogens with zero attached hydrogens (tertiary/aromatic N) is 1. The Morgan fingerprint density at radius 2 is 2.33 bits per heavy atom. The average Bonchev–Trinajstić information content (AvgIpc) is 2.72. The molecular formula is C10H8N2O3. The molecule has 2 N–H and O–H groups in total. The first-order chi connectivity index (χ1) is 7.31. The summed E-state index contributed by atoms with van der Waals surface area (Å²) in [6.07, 6.45) is 1.59. The van der Waals surface area contributed by atoms with Gasteiger partial charge in [-0.25, -0.2) is 0 Å². The zero-order valence-electron chi connectivity index (χ0n) is 7.71. The van der Waals surface area contributed by atoms with E-state index >= 15 is 0 Å². The zero-order chi connectivity index (χ0) is 10.7. The standard InChI is InChI=1S/C10H8N2O3/c11-10(12-15-6-13)8-2-1-7-3-4-14-9(7)5-8/h1-6H,(H2,11,12). The van der Waals surface area contributed by atoms with Crippen molar-refractivity contribution >= 4 is 23.3 Å². The number of carbonyl (C=O) groups is 1. The molecule has 0 aliphatic heterocycles. The molecule has 1 aromatic heterocycles. The Labute approximate surface area is 85.1 Å². The first-order valence-electron chi connectivity index (χ1n) is 4.22. The van der Waals surface area contributed by atoms with Crippen LogP contribution in [0.2, 0.25) is 0 Å². The Balaban J connectivity index is 2.39. The van der Waals surface area contributed by atoms with E-state index in [9.17, 15) is 4.79 Å². The fraction of sp³-hybridized carbons (Fsp3) is 0. The van der Waals surface area contributed by atoms with Crippen molar-refractivity contribution in [3.05, 3.63) is 36.1 Å². The molecule has 0 spiro atoms. The number of hydrogen-bond acceptors (Lipinski definition) is 4. The third-order valence-corrected chi connectivity index (χ3v) is 1.95. The fourth-order valence-electron chi connectivity index (χ4n) is 1.25. The van der Waals surface area contributed by atoms with Gasteiger partial charge in [0.1, 0.15) is 5.58 Å². The quantitative estimate of drug-likeness (QED) is 0.268. The number of oxime groups is 1. The lowest BCUT2D eigenvalue weighted by Gasteiger charge is -1.98. The number of carbonyl (C=O) groups excluding carboxylic acids is 1. The van der Waals surface area contributed by atoms with Crippen LogP contribution >= 0.6 is 0 Å². The first-order valence-corrected chi connectivity index (χ1v) is 4.22. The second kappa shape index (κ2) is 3.83. The first kappa shape index (κ1) is 9.26. The van der Waals surface area contributed by atoms with Crippen molar-refractivity contribution in [1.82, 2.24) is 0 Å². The fourth-order valence-corrected chi connectivity index (χ4v) is 1.25. The van der Waals surface area contributed by atoms with Crippen molar-refractivity contribution in [2.45, 2.75) is 0 Å². The van der Waals surface area contributed by atoms with E-state index in [0.29, 0.717) is 11.1 Å². The van der Waals surface area contributed by atoms with E-state index in [2.05, 4.69) is 9.99 Å². The normalized spacial score (nSPS) is 11.6. The number of nitrogens with two attached hydrogens (primary N) is 1. The number of hydrogen-bond donors (Lipinski definition) is 1. The van der Waals surface area contributed by atoms with Crippen LogP contribution in [0.15, 0.2) is 40.1 Å². The van der Waals surface area contributed by atoms with Crippen molar-refractivity contribution in [3.8, 4) is 0 Å². The molecule has 15 heavy (non-hydrogen) atoms. The lowest BCUT2D eigenvalue weighted by atomic mass is 10.1. The largest absolute Gasteiger partial charge is 0.464 e. The van der Waals surface area contributed by atoms with Gasteiger partial charge >= 0.3 is 6.47 Å². The van der Waals surface area contributed by atoms with Crippen LogP contribution in [0.1, 0.15) is 5.56 Å². The maximum atomic E-state index is 9.91. The Morgan fingerprint density at radius 3 is 3.13 bits per heavy atom. The molecule has 1 heterocycles. The topological polar surface area (TPSA) is 77.8 Å². The minimum absolute atomic E-state index is 0.125. The van der Waals surface area contributed by atoms with Crippen LogP contribution in [0.4, 0.5) is 0 Å². The predicted molar refractivity (Wildman–Crippen MR) is 54.1 cm³/mol. The van der Waals surface area contributed by atoms with E-state index in [-0.39, 0.29) is 12.3 Å². The third-order valence-electron chi connectivity index (χ3n) is 1.95. The molecule has 0 saturated carbocycles. The SMILES string of the molecule is N/C(=N\OC=O)c1ccc2ccoc2c1. The molecule has 2 rings (SSSR count). The molecule has 1 aromatic carbocycles. The summed E-state index contributed by atoms with van der Waals surface area (Å²) in [5, 5.41) is 4.36. The maximum absolute atomic E-state index is 9.91. The molecule has 0 radical (unpaired) electrons. The smallest absolute Gasteiger partial charge is 0.323 e. The Bertz CT molecular complexity index is 516. The summed E-state index contributed by atoms with van der Waals surface area (Å²) in [6, 6.07) is 7.18. The maximum Gasteiger partial charge on any atom is 0.323 e. The molecule has 5 nitrogen and oxygen atoms in total. The minimum atomic E-state index is 0.125. The van der Waals surface area contributed by atoms with Crippen molar-refractivity contribution in [2.75, 3.05) is 0 Å². The van der Waals surface area contributed by atoms with E-state index in [4.69, 9.17) is 10.2 Å². The van der Waals surface area contributed by atoms with Crippen molar-refractivity contribution in [3.63, 3.8) is 0 Å². The molecule has 2 aromatic rings. The highest BCUT2D eigenvalue weighted by molar-refractivity contribution is 5.99. The van der Waals surface area contributed by atoms with Gasteiger partial charge in [-0.1, -0.05) is 17.3 Å². The molecule has 0 saturated heterocycles. The molecule has 0 aliphatic carbocycles. The van der Waals surface area contributed by atoms with Gasteiger partial charge in [0.05, 0.1) is 6.26 Å². The van der Waals surface area contributed by atoms with Crippen LogP contribution in [-0.4, -0.2) is 12.3 Å². The average molecular weight is 204 g/mol. The van der Waals surface area contributed by atoms with Crippen LogP contribution < -0.4 is 5.73 Å². The highest BCUT2D eigenvalue weighted by Crippen LogP contribution is 2.16. The number of benzene rings is 1. The molecule has 0 unspecified atom stereocenters. The molecule has 76 valence electrons. The van der Waals surface area contributed by atoms with E-state index in [1.807, 2.05) is 12.1 Å². The lowest BCUT2D eigenvalue weighted by molar-refractivity contribution is -0.128. The van der Waals surface area contributed by atoms with E-state index < -0.39 is 0 Å². The zero-order valence-corrected chi connectivity index (χ0v) is 7.71. The Kier molecular flexibility index (Phi) is 2.37. The van der Waals surface area contributed by atoms with Crippen LogP contribution in [0.25, 0.3) is 11.0 Å². The van der Waals surface area contributed by atoms with Gasteiger partial charge in [0, 0.05) is 10.9 Å². The Hall–Kier alpha value is -2.30. The van der Waals surface area contributed by atoms with Gasteiger partial charge in [0.15, 0.2) is 5.84 Å². The number of fused-ring (bicyclic) bond motifs is 1. The molecular weight excluding hydrogens is 196 g/mol. The highest BCUT2D eigenvalue weighted by atomic mass is 16.7. The number of rotatable bonds is 3. The van der Waals surface area contributed by atoms with Gasteiger partial charge < -0.3 is 15.0 Å². The highest BCUT2D eigenvalue weighted by Gasteiger charge is 2.02. The summed E-state index contributed by atoms with van der Waals surface area (Å²) in [7, 11) is 0. The van der Waals surface area contributed by atoms with Gasteiger partial charge in [0.25, 0.3) is 0 Å². The van der Waals surface area contributed by atoms with Crippen LogP contribution in [0.5, 0.6) is 0 Å². The number of furan rings is 1. The molecule has 0 amide bonds. The van der Waals surface area contributed by atoms with Gasteiger partial charge in [-0.05, 0) is 12.1 Å². The summed E-state index contributed by atoms with van der Waals surface area (Å²) in [5.74, 6) is 0.125. The Morgan fingerprint density at radius 1 is 1.47 bits per heavy atom. The molecule has 0 atom stereocenters. The molecule has 5 heteroatoms. The van der Waals surface area contributed by atoms with E-state index in [0.717, 1.165) is 5.39 Å². The molecule has 0 bridgehead atoms. The monoisotopic (exact) mass is 204 g/mol. The summed E-state index contributed by atoms with van der Waals surface area (Å²) in [6.45, 7) is 0.207. The second-order valence-corrected chi connectivity index (χ2v) is 2.85. The third kappa shape index (κ3) is 1.80. The van der Waals surface area contributed by atoms with Crippen molar-refractivity contribution < 1.29 is 14.0 Å².